The molecular weight excluding hydrogens is 168 g/mol. The van der Waals surface area contributed by atoms with Gasteiger partial charge in [0, 0.05) is 0 Å². The van der Waals surface area contributed by atoms with Crippen LogP contribution in [-0.2, 0) is 0 Å². The molecule has 0 atom stereocenters. The van der Waals surface area contributed by atoms with Crippen LogP contribution in [0, 0.1) is 6.92 Å². The van der Waals surface area contributed by atoms with Gasteiger partial charge in [-0.15, -0.1) is 11.8 Å². The minimum Gasteiger partial charge on any atom is -0.227 e. The Bertz CT molecular complexity index is 406. The molecular formula is C9H10N2S. The summed E-state index contributed by atoms with van der Waals surface area (Å²) in [5.74, 6) is 0. The highest BCUT2D eigenvalue weighted by molar-refractivity contribution is 7.98. The molecule has 2 rings (SSSR count). The minimum atomic E-state index is 1.17. The molecule has 2 heterocycles. The summed E-state index contributed by atoms with van der Waals surface area (Å²) >= 11 is 1.72. The molecule has 0 unspecified atom stereocenters. The summed E-state index contributed by atoms with van der Waals surface area (Å²) < 4.78 is 1.96. The average Bonchev–Trinajstić information content (AvgIpc) is 2.50. The highest BCUT2D eigenvalue weighted by Gasteiger charge is 2.00. The molecule has 2 nitrogen and oxygen atoms in total. The Labute approximate surface area is 75.6 Å². The second-order valence-corrected chi connectivity index (χ2v) is 3.57. The predicted octanol–water partition coefficient (Wildman–Crippen LogP) is 2.36. The predicted molar refractivity (Wildman–Crippen MR) is 51.7 cm³/mol. The fourth-order valence-electron chi connectivity index (χ4n) is 1.28. The third-order valence-corrected chi connectivity index (χ3v) is 2.53. The molecule has 0 bridgehead atoms. The van der Waals surface area contributed by atoms with Gasteiger partial charge in [0.15, 0.2) is 0 Å². The maximum absolute atomic E-state index is 4.23. The van der Waals surface area contributed by atoms with E-state index in [1.54, 1.807) is 11.8 Å². The Hall–Kier alpha value is -0.960. The maximum Gasteiger partial charge on any atom is 0.0982 e. The first kappa shape index (κ1) is 7.68. The first-order valence-corrected chi connectivity index (χ1v) is 5.02. The van der Waals surface area contributed by atoms with Gasteiger partial charge in [0.1, 0.15) is 0 Å². The van der Waals surface area contributed by atoms with Crippen molar-refractivity contribution in [3.8, 4) is 0 Å². The summed E-state index contributed by atoms with van der Waals surface area (Å²) in [7, 11) is 0. The molecule has 2 aromatic rings. The van der Waals surface area contributed by atoms with Gasteiger partial charge in [-0.2, -0.15) is 5.10 Å². The fourth-order valence-corrected chi connectivity index (χ4v) is 1.91. The molecule has 0 saturated heterocycles. The first-order chi connectivity index (χ1) is 5.81. The Morgan fingerprint density at radius 1 is 1.42 bits per heavy atom. The van der Waals surface area contributed by atoms with Crippen LogP contribution in [0.4, 0.5) is 0 Å². The van der Waals surface area contributed by atoms with E-state index >= 15 is 0 Å². The van der Waals surface area contributed by atoms with E-state index in [4.69, 9.17) is 0 Å². The van der Waals surface area contributed by atoms with Crippen molar-refractivity contribution in [2.75, 3.05) is 6.26 Å². The molecule has 0 saturated carbocycles. The molecule has 2 aromatic heterocycles. The lowest BCUT2D eigenvalue weighted by molar-refractivity contribution is 0.859. The minimum absolute atomic E-state index is 1.17. The lowest BCUT2D eigenvalue weighted by Crippen LogP contribution is -1.91. The molecule has 3 heteroatoms. The van der Waals surface area contributed by atoms with Gasteiger partial charge in [0.2, 0.25) is 0 Å². The van der Waals surface area contributed by atoms with Crippen molar-refractivity contribution >= 4 is 17.3 Å². The van der Waals surface area contributed by atoms with E-state index in [1.807, 2.05) is 16.8 Å². The van der Waals surface area contributed by atoms with Crippen molar-refractivity contribution in [1.82, 2.24) is 9.61 Å². The van der Waals surface area contributed by atoms with Crippen LogP contribution < -0.4 is 0 Å². The molecule has 0 aliphatic heterocycles. The van der Waals surface area contributed by atoms with E-state index in [2.05, 4.69) is 30.4 Å². The zero-order valence-electron chi connectivity index (χ0n) is 7.11. The largest absolute Gasteiger partial charge is 0.227 e. The summed E-state index contributed by atoms with van der Waals surface area (Å²) in [6, 6.07) is 6.30. The smallest absolute Gasteiger partial charge is 0.0982 e. The highest BCUT2D eigenvalue weighted by atomic mass is 32.2. The molecule has 0 N–H and O–H groups in total. The van der Waals surface area contributed by atoms with Gasteiger partial charge < -0.3 is 0 Å². The van der Waals surface area contributed by atoms with Gasteiger partial charge in [-0.25, -0.2) is 4.52 Å². The number of nitrogens with zero attached hydrogens (tertiary/aromatic N) is 2. The van der Waals surface area contributed by atoms with E-state index in [9.17, 15) is 0 Å². The van der Waals surface area contributed by atoms with Gasteiger partial charge in [0.25, 0.3) is 0 Å². The Morgan fingerprint density at radius 3 is 3.00 bits per heavy atom. The molecule has 0 aliphatic carbocycles. The monoisotopic (exact) mass is 178 g/mol. The van der Waals surface area contributed by atoms with Crippen molar-refractivity contribution in [3.63, 3.8) is 0 Å². The second-order valence-electron chi connectivity index (χ2n) is 2.74. The van der Waals surface area contributed by atoms with Crippen LogP contribution in [0.3, 0.4) is 0 Å². The van der Waals surface area contributed by atoms with E-state index in [0.717, 1.165) is 0 Å². The summed E-state index contributed by atoms with van der Waals surface area (Å²) in [5, 5.41) is 5.42. The lowest BCUT2D eigenvalue weighted by Gasteiger charge is -2.02. The van der Waals surface area contributed by atoms with Gasteiger partial charge in [-0.3, -0.25) is 0 Å². The quantitative estimate of drug-likeness (QED) is 0.624. The third-order valence-electron chi connectivity index (χ3n) is 1.82. The fraction of sp³-hybridized carbons (Fsp3) is 0.222. The maximum atomic E-state index is 4.23. The number of rotatable bonds is 1. The SMILES string of the molecule is CSc1cc(C)cc2ccnn12. The summed E-state index contributed by atoms with van der Waals surface area (Å²) in [5.41, 5.74) is 2.45. The average molecular weight is 178 g/mol. The van der Waals surface area contributed by atoms with Crippen molar-refractivity contribution < 1.29 is 0 Å². The molecule has 0 aliphatic rings. The van der Waals surface area contributed by atoms with Crippen LogP contribution in [0.15, 0.2) is 29.4 Å². The topological polar surface area (TPSA) is 17.3 Å². The Kier molecular flexibility index (Phi) is 1.81. The van der Waals surface area contributed by atoms with Crippen molar-refractivity contribution in [2.24, 2.45) is 0 Å². The van der Waals surface area contributed by atoms with Crippen LogP contribution in [-0.4, -0.2) is 15.9 Å². The van der Waals surface area contributed by atoms with Crippen LogP contribution in [0.25, 0.3) is 5.52 Å². The van der Waals surface area contributed by atoms with E-state index in [0.29, 0.717) is 0 Å². The number of hydrogen-bond acceptors (Lipinski definition) is 2. The molecule has 62 valence electrons. The van der Waals surface area contributed by atoms with Crippen LogP contribution in [0.1, 0.15) is 5.56 Å². The number of pyridine rings is 1. The highest BCUT2D eigenvalue weighted by Crippen LogP contribution is 2.18. The van der Waals surface area contributed by atoms with Crippen molar-refractivity contribution in [3.05, 3.63) is 30.0 Å². The number of aryl methyl sites for hydroxylation is 1. The first-order valence-electron chi connectivity index (χ1n) is 3.79. The zero-order chi connectivity index (χ0) is 8.55. The molecule has 0 aromatic carbocycles. The summed E-state index contributed by atoms with van der Waals surface area (Å²) in [6.07, 6.45) is 3.89. The standard InChI is InChI=1S/C9H10N2S/c1-7-5-8-3-4-10-11(8)9(6-7)12-2/h3-6H,1-2H3. The number of hydrogen-bond donors (Lipinski definition) is 0. The zero-order valence-corrected chi connectivity index (χ0v) is 7.93. The second kappa shape index (κ2) is 2.83. The van der Waals surface area contributed by atoms with Crippen LogP contribution >= 0.6 is 11.8 Å². The van der Waals surface area contributed by atoms with Gasteiger partial charge >= 0.3 is 0 Å². The molecule has 0 amide bonds. The molecule has 0 radical (unpaired) electrons. The van der Waals surface area contributed by atoms with E-state index < -0.39 is 0 Å². The van der Waals surface area contributed by atoms with Crippen LogP contribution in [0.5, 0.6) is 0 Å². The third kappa shape index (κ3) is 1.10. The Balaban J connectivity index is 2.80. The number of fused-ring (bicyclic) bond motifs is 1. The number of thioether (sulfide) groups is 1. The van der Waals surface area contributed by atoms with Crippen molar-refractivity contribution in [1.29, 1.82) is 0 Å². The molecule has 0 fully saturated rings. The van der Waals surface area contributed by atoms with Gasteiger partial charge in [-0.05, 0) is 36.9 Å². The van der Waals surface area contributed by atoms with Gasteiger partial charge in [0.05, 0.1) is 16.7 Å². The normalized spacial score (nSPS) is 10.8. The van der Waals surface area contributed by atoms with E-state index in [1.165, 1.54) is 16.1 Å². The van der Waals surface area contributed by atoms with Gasteiger partial charge in [-0.1, -0.05) is 0 Å². The van der Waals surface area contributed by atoms with Crippen LogP contribution in [0.2, 0.25) is 0 Å². The lowest BCUT2D eigenvalue weighted by atomic mass is 10.3. The van der Waals surface area contributed by atoms with E-state index in [-0.39, 0.29) is 0 Å². The number of aromatic nitrogens is 2. The van der Waals surface area contributed by atoms with Crippen molar-refractivity contribution in [2.45, 2.75) is 11.9 Å². The molecule has 0 spiro atoms. The Morgan fingerprint density at radius 2 is 2.25 bits per heavy atom. The summed E-state index contributed by atoms with van der Waals surface area (Å²) in [6.45, 7) is 2.10. The molecule has 12 heavy (non-hydrogen) atoms. The summed E-state index contributed by atoms with van der Waals surface area (Å²) in [4.78, 5) is 0.